The molecule has 0 spiro atoms. The predicted molar refractivity (Wildman–Crippen MR) is 53.3 cm³/mol. The van der Waals surface area contributed by atoms with E-state index in [1.807, 2.05) is 0 Å². The van der Waals surface area contributed by atoms with Crippen LogP contribution in [0, 0.1) is 0 Å². The van der Waals surface area contributed by atoms with Gasteiger partial charge in [0.2, 0.25) is 17.2 Å². The van der Waals surface area contributed by atoms with Gasteiger partial charge < -0.3 is 34.6 Å². The summed E-state index contributed by atoms with van der Waals surface area (Å²) in [5.41, 5.74) is 5.31. The summed E-state index contributed by atoms with van der Waals surface area (Å²) in [5, 5.41) is 28.8. The molecule has 0 aliphatic carbocycles. The number of phenols is 2. The summed E-state index contributed by atoms with van der Waals surface area (Å²) in [6.45, 7) is -0.166. The number of hydrogen-bond acceptors (Lipinski definition) is 8. The average molecular weight is 261 g/mol. The first-order chi connectivity index (χ1) is 7.97. The van der Waals surface area contributed by atoms with E-state index in [0.717, 1.165) is 0 Å². The largest absolute Gasteiger partial charge is 0.647 e. The summed E-state index contributed by atoms with van der Waals surface area (Å²) >= 11 is 0. The molecule has 0 saturated heterocycles. The molecule has 3 rings (SSSR count). The van der Waals surface area contributed by atoms with Crippen LogP contribution in [0.5, 0.6) is 28.7 Å². The van der Waals surface area contributed by atoms with E-state index in [2.05, 4.69) is 0 Å². The van der Waals surface area contributed by atoms with E-state index in [1.165, 1.54) is 0 Å². The zero-order chi connectivity index (χ0) is 12.4. The van der Waals surface area contributed by atoms with Crippen molar-refractivity contribution < 1.29 is 33.5 Å². The van der Waals surface area contributed by atoms with E-state index in [0.29, 0.717) is 0 Å². The Morgan fingerprint density at radius 1 is 1.12 bits per heavy atom. The third kappa shape index (κ3) is 1.17. The van der Waals surface area contributed by atoms with Crippen molar-refractivity contribution in [3.05, 3.63) is 5.56 Å². The molecular formula is C8H8NO7P. The molecule has 0 aromatic heterocycles. The van der Waals surface area contributed by atoms with Crippen molar-refractivity contribution in [3.8, 4) is 28.7 Å². The van der Waals surface area contributed by atoms with E-state index in [9.17, 15) is 19.9 Å². The van der Waals surface area contributed by atoms with Crippen molar-refractivity contribution in [1.82, 2.24) is 0 Å². The number of hydrogen-bond donors (Lipinski definition) is 4. The molecule has 8 nitrogen and oxygen atoms in total. The minimum absolute atomic E-state index is 0.0155. The molecule has 2 aliphatic heterocycles. The molecule has 0 radical (unpaired) electrons. The van der Waals surface area contributed by atoms with E-state index in [-0.39, 0.29) is 29.4 Å². The molecule has 1 unspecified atom stereocenters. The van der Waals surface area contributed by atoms with Gasteiger partial charge in [-0.1, -0.05) is 0 Å². The van der Waals surface area contributed by atoms with Crippen molar-refractivity contribution in [1.29, 1.82) is 0 Å². The topological polar surface area (TPSA) is 131 Å². The second-order valence-corrected chi connectivity index (χ2v) is 5.01. The molecule has 0 amide bonds. The zero-order valence-corrected chi connectivity index (χ0v) is 9.18. The summed E-state index contributed by atoms with van der Waals surface area (Å²) < 4.78 is 26.3. The molecule has 0 saturated carbocycles. The fraction of sp³-hybridized carbons (Fsp3) is 0.250. The maximum absolute atomic E-state index is 11.7. The molecule has 92 valence electrons. The van der Waals surface area contributed by atoms with Crippen LogP contribution in [0.25, 0.3) is 0 Å². The van der Waals surface area contributed by atoms with Crippen LogP contribution in [0.1, 0.15) is 11.7 Å². The quantitative estimate of drug-likeness (QED) is 0.443. The Kier molecular flexibility index (Phi) is 1.84. The first-order valence-electron chi connectivity index (χ1n) is 4.65. The summed E-state index contributed by atoms with van der Waals surface area (Å²) in [6, 6.07) is 0. The lowest BCUT2D eigenvalue weighted by molar-refractivity contribution is 0.176. The second-order valence-electron chi connectivity index (χ2n) is 3.57. The highest BCUT2D eigenvalue weighted by molar-refractivity contribution is 7.50. The lowest BCUT2D eigenvalue weighted by atomic mass is 10.0. The molecule has 1 aromatic rings. The standard InChI is InChI=1S/C8H8NO7P/c9-1-2(10)3-6-4(11)5(12)8-7(3)15-17(13,14-6)16-8/h2,10-12H,1,9H2/t2-,17?/m0/s1. The Balaban J connectivity index is 2.34. The van der Waals surface area contributed by atoms with Crippen molar-refractivity contribution >= 4 is 7.82 Å². The van der Waals surface area contributed by atoms with Gasteiger partial charge in [-0.2, -0.15) is 4.57 Å². The number of rotatable bonds is 2. The maximum atomic E-state index is 11.7. The molecule has 1 aromatic carbocycles. The summed E-state index contributed by atoms with van der Waals surface area (Å²) in [4.78, 5) is 0. The van der Waals surface area contributed by atoms with Crippen LogP contribution >= 0.6 is 7.82 Å². The number of fused-ring (bicyclic) bond motifs is 2. The minimum Gasteiger partial charge on any atom is -0.502 e. The van der Waals surface area contributed by atoms with E-state index >= 15 is 0 Å². The van der Waals surface area contributed by atoms with Gasteiger partial charge in [0.15, 0.2) is 11.5 Å². The van der Waals surface area contributed by atoms with Crippen LogP contribution in [0.3, 0.4) is 0 Å². The zero-order valence-electron chi connectivity index (χ0n) is 8.28. The number of phosphoric ester groups is 1. The molecule has 9 heteroatoms. The van der Waals surface area contributed by atoms with Gasteiger partial charge in [0.25, 0.3) is 0 Å². The van der Waals surface area contributed by atoms with E-state index in [4.69, 9.17) is 19.3 Å². The Bertz CT molecular complexity index is 568. The van der Waals surface area contributed by atoms with Gasteiger partial charge >= 0.3 is 7.82 Å². The molecule has 2 heterocycles. The predicted octanol–water partition coefficient (Wildman–Crippen LogP) is 0.362. The number of nitrogens with two attached hydrogens (primary N) is 1. The maximum Gasteiger partial charge on any atom is 0.647 e. The van der Waals surface area contributed by atoms with Crippen LogP contribution in [0.4, 0.5) is 0 Å². The van der Waals surface area contributed by atoms with Gasteiger partial charge in [0.1, 0.15) is 0 Å². The Hall–Kier alpha value is -1.63. The van der Waals surface area contributed by atoms with Crippen LogP contribution in [-0.4, -0.2) is 21.9 Å². The van der Waals surface area contributed by atoms with Gasteiger partial charge in [-0.05, 0) is 0 Å². The molecule has 2 atom stereocenters. The molecule has 0 fully saturated rings. The second kappa shape index (κ2) is 2.98. The SMILES string of the molecule is NC[C@H](O)c1c2c(O)c(O)c3c1OP(=O)(O3)O2. The lowest BCUT2D eigenvalue weighted by Crippen LogP contribution is -2.15. The number of aliphatic hydroxyl groups is 1. The van der Waals surface area contributed by atoms with Crippen LogP contribution in [-0.2, 0) is 4.57 Å². The average Bonchev–Trinajstić information content (AvgIpc) is 2.54. The molecular weight excluding hydrogens is 253 g/mol. The Morgan fingerprint density at radius 2 is 1.65 bits per heavy atom. The summed E-state index contributed by atoms with van der Waals surface area (Å²) in [6.07, 6.45) is -1.19. The molecule has 17 heavy (non-hydrogen) atoms. The van der Waals surface area contributed by atoms with Gasteiger partial charge in [-0.15, -0.1) is 0 Å². The highest BCUT2D eigenvalue weighted by Gasteiger charge is 2.53. The first kappa shape index (κ1) is 10.5. The Morgan fingerprint density at radius 3 is 2.29 bits per heavy atom. The number of phosphoric acid groups is 1. The highest BCUT2D eigenvalue weighted by Crippen LogP contribution is 2.72. The smallest absolute Gasteiger partial charge is 0.502 e. The minimum atomic E-state index is -3.88. The molecule has 2 aliphatic rings. The monoisotopic (exact) mass is 261 g/mol. The van der Waals surface area contributed by atoms with Gasteiger partial charge in [-0.25, -0.2) is 0 Å². The third-order valence-electron chi connectivity index (χ3n) is 2.52. The third-order valence-corrected chi connectivity index (χ3v) is 3.73. The van der Waals surface area contributed by atoms with Crippen LogP contribution in [0.15, 0.2) is 0 Å². The normalized spacial score (nSPS) is 25.1. The Labute approximate surface area is 94.8 Å². The van der Waals surface area contributed by atoms with E-state index in [1.54, 1.807) is 0 Å². The fourth-order valence-electron chi connectivity index (χ4n) is 1.76. The van der Waals surface area contributed by atoms with Crippen molar-refractivity contribution in [2.75, 3.05) is 6.54 Å². The van der Waals surface area contributed by atoms with Gasteiger partial charge in [0, 0.05) is 6.54 Å². The van der Waals surface area contributed by atoms with Crippen molar-refractivity contribution in [2.45, 2.75) is 6.10 Å². The number of aromatic hydroxyl groups is 2. The molecule has 5 N–H and O–H groups in total. The fourth-order valence-corrected chi connectivity index (χ4v) is 3.07. The van der Waals surface area contributed by atoms with Crippen molar-refractivity contribution in [2.24, 2.45) is 5.73 Å². The van der Waals surface area contributed by atoms with Gasteiger partial charge in [-0.3, -0.25) is 0 Å². The lowest BCUT2D eigenvalue weighted by Gasteiger charge is -2.21. The highest BCUT2D eigenvalue weighted by atomic mass is 31.2. The van der Waals surface area contributed by atoms with E-state index < -0.39 is 25.4 Å². The first-order valence-corrected chi connectivity index (χ1v) is 6.11. The number of aliphatic hydroxyl groups excluding tert-OH is 1. The number of phenolic OH excluding ortho intramolecular Hbond substituents is 2. The summed E-state index contributed by atoms with van der Waals surface area (Å²) in [7, 11) is -3.88. The molecule has 3 bridgehead atoms. The van der Waals surface area contributed by atoms with Crippen molar-refractivity contribution in [3.63, 3.8) is 0 Å². The van der Waals surface area contributed by atoms with Crippen LogP contribution in [0.2, 0.25) is 0 Å². The summed E-state index contributed by atoms with van der Waals surface area (Å²) in [5.74, 6) is -2.05. The number of benzene rings is 1. The van der Waals surface area contributed by atoms with Crippen LogP contribution < -0.4 is 19.3 Å². The van der Waals surface area contributed by atoms with Gasteiger partial charge in [0.05, 0.1) is 11.7 Å².